The number of allylic oxidation sites excluding steroid dienone is 1. The van der Waals surface area contributed by atoms with Crippen LogP contribution >= 0.6 is 0 Å². The van der Waals surface area contributed by atoms with Gasteiger partial charge in [0.25, 0.3) is 0 Å². The van der Waals surface area contributed by atoms with Gasteiger partial charge < -0.3 is 15.1 Å². The summed E-state index contributed by atoms with van der Waals surface area (Å²) in [7, 11) is -3.14. The van der Waals surface area contributed by atoms with Gasteiger partial charge >= 0.3 is 6.03 Å². The topological polar surface area (TPSA) is 105 Å². The van der Waals surface area contributed by atoms with Gasteiger partial charge in [-0.15, -0.1) is 0 Å². The molecule has 180 valence electrons. The number of fused-ring (bicyclic) bond motifs is 1. The number of hydrogen-bond donors (Lipinski definition) is 2. The Morgan fingerprint density at radius 3 is 2.56 bits per heavy atom. The van der Waals surface area contributed by atoms with E-state index in [0.29, 0.717) is 23.4 Å². The molecule has 0 aromatic heterocycles. The third-order valence-electron chi connectivity index (χ3n) is 6.50. The van der Waals surface area contributed by atoms with E-state index in [9.17, 15) is 13.2 Å². The molecule has 2 aliphatic heterocycles. The molecular formula is C24H27FN4O4S. The molecule has 0 bridgehead atoms. The quantitative estimate of drug-likeness (QED) is 0.497. The number of nitrogens with zero attached hydrogens (tertiary/aromatic N) is 2. The first-order chi connectivity index (χ1) is 16.3. The molecule has 34 heavy (non-hydrogen) atoms. The van der Waals surface area contributed by atoms with Crippen LogP contribution in [0.2, 0.25) is 0 Å². The van der Waals surface area contributed by atoms with Crippen molar-refractivity contribution in [1.29, 1.82) is 0 Å². The van der Waals surface area contributed by atoms with Gasteiger partial charge in [-0.1, -0.05) is 12.1 Å². The van der Waals surface area contributed by atoms with E-state index >= 15 is 4.39 Å². The molecule has 1 saturated heterocycles. The molecule has 2 amide bonds. The molecule has 2 aromatic rings. The summed E-state index contributed by atoms with van der Waals surface area (Å²) in [4.78, 5) is 16.5. The van der Waals surface area contributed by atoms with Crippen molar-refractivity contribution in [2.45, 2.75) is 25.8 Å². The average Bonchev–Trinajstić information content (AvgIpc) is 3.54. The maximum atomic E-state index is 15.2. The van der Waals surface area contributed by atoms with Crippen molar-refractivity contribution < 1.29 is 22.3 Å². The number of anilines is 1. The number of rotatable bonds is 5. The predicted molar refractivity (Wildman–Crippen MR) is 127 cm³/mol. The van der Waals surface area contributed by atoms with E-state index in [0.717, 1.165) is 41.8 Å². The molecule has 10 heteroatoms. The number of urea groups is 1. The number of halogens is 1. The lowest BCUT2D eigenvalue weighted by Gasteiger charge is -2.33. The fourth-order valence-corrected chi connectivity index (χ4v) is 5.59. The zero-order valence-corrected chi connectivity index (χ0v) is 19.5. The summed E-state index contributed by atoms with van der Waals surface area (Å²) in [5, 5.41) is 0. The Hall–Kier alpha value is -3.11. The van der Waals surface area contributed by atoms with Crippen LogP contribution in [0.15, 0.2) is 42.0 Å². The van der Waals surface area contributed by atoms with Gasteiger partial charge in [0, 0.05) is 36.3 Å². The van der Waals surface area contributed by atoms with E-state index < -0.39 is 15.7 Å². The molecule has 0 radical (unpaired) electrons. The molecule has 1 saturated carbocycles. The Labute approximate surface area is 198 Å². The maximum Gasteiger partial charge on any atom is 0.324 e. The summed E-state index contributed by atoms with van der Waals surface area (Å²) in [6.07, 6.45) is 2.62. The molecule has 2 aromatic carbocycles. The highest BCUT2D eigenvalue weighted by Crippen LogP contribution is 2.35. The standard InChI is InChI=1S/C24H27FN4O4S/c25-21-14-18(23(27-26)16-1-2-16)3-4-19(21)15-29(20-5-6-22-17(13-20)7-10-33-22)24(30)28-8-11-34(31,32)12-9-28/h3-6,13-14,27H,1-2,7-12,15,26H2. The van der Waals surface area contributed by atoms with Crippen LogP contribution in [0, 0.1) is 5.82 Å². The molecule has 0 atom stereocenters. The largest absolute Gasteiger partial charge is 0.493 e. The highest BCUT2D eigenvalue weighted by atomic mass is 32.2. The number of carbonyl (C=O) groups is 1. The Morgan fingerprint density at radius 2 is 1.88 bits per heavy atom. The number of benzene rings is 2. The maximum absolute atomic E-state index is 15.2. The minimum atomic E-state index is -3.14. The summed E-state index contributed by atoms with van der Waals surface area (Å²) in [5.41, 5.74) is 7.20. The van der Waals surface area contributed by atoms with Crippen molar-refractivity contribution >= 4 is 27.3 Å². The van der Waals surface area contributed by atoms with E-state index in [4.69, 9.17) is 10.6 Å². The third-order valence-corrected chi connectivity index (χ3v) is 8.11. The second-order valence-electron chi connectivity index (χ2n) is 8.83. The van der Waals surface area contributed by atoms with Crippen LogP contribution in [0.1, 0.15) is 29.5 Å². The number of hydrogen-bond acceptors (Lipinski definition) is 6. The van der Waals surface area contributed by atoms with Crippen molar-refractivity contribution in [1.82, 2.24) is 10.3 Å². The molecule has 3 aliphatic rings. The molecule has 0 unspecified atom stereocenters. The Balaban J connectivity index is 1.45. The molecule has 1 aliphatic carbocycles. The van der Waals surface area contributed by atoms with E-state index in [1.54, 1.807) is 18.2 Å². The van der Waals surface area contributed by atoms with E-state index in [1.165, 1.54) is 15.9 Å². The lowest BCUT2D eigenvalue weighted by atomic mass is 10.1. The Kier molecular flexibility index (Phi) is 5.95. The van der Waals surface area contributed by atoms with E-state index in [1.807, 2.05) is 12.1 Å². The third kappa shape index (κ3) is 4.60. The molecule has 3 N–H and O–H groups in total. The molecule has 2 fully saturated rings. The second-order valence-corrected chi connectivity index (χ2v) is 11.1. The van der Waals surface area contributed by atoms with Crippen molar-refractivity contribution in [3.63, 3.8) is 0 Å². The molecule has 2 heterocycles. The van der Waals surface area contributed by atoms with Crippen molar-refractivity contribution in [3.8, 4) is 5.75 Å². The van der Waals surface area contributed by atoms with Gasteiger partial charge in [0.1, 0.15) is 11.6 Å². The van der Waals surface area contributed by atoms with Gasteiger partial charge in [0.2, 0.25) is 0 Å². The van der Waals surface area contributed by atoms with Gasteiger partial charge in [-0.2, -0.15) is 0 Å². The first kappa shape index (κ1) is 22.7. The van der Waals surface area contributed by atoms with Crippen LogP contribution in [-0.4, -0.2) is 50.6 Å². The van der Waals surface area contributed by atoms with Crippen LogP contribution in [0.5, 0.6) is 5.75 Å². The SMILES string of the molecule is NNC(=C1CC1)c1ccc(CN(C(=O)N2CCS(=O)(=O)CC2)c2ccc3c(c2)CCO3)c(F)c1. The van der Waals surface area contributed by atoms with E-state index in [-0.39, 0.29) is 37.2 Å². The highest BCUT2D eigenvalue weighted by Gasteiger charge is 2.30. The Morgan fingerprint density at radius 1 is 1.12 bits per heavy atom. The predicted octanol–water partition coefficient (Wildman–Crippen LogP) is 2.59. The molecular weight excluding hydrogens is 459 g/mol. The number of nitrogens with one attached hydrogen (secondary N) is 1. The van der Waals surface area contributed by atoms with Gasteiger partial charge in [-0.25, -0.2) is 17.6 Å². The van der Waals surface area contributed by atoms with Crippen LogP contribution in [0.3, 0.4) is 0 Å². The van der Waals surface area contributed by atoms with Crippen LogP contribution < -0.4 is 20.9 Å². The summed E-state index contributed by atoms with van der Waals surface area (Å²) < 4.78 is 44.5. The minimum Gasteiger partial charge on any atom is -0.493 e. The monoisotopic (exact) mass is 486 g/mol. The summed E-state index contributed by atoms with van der Waals surface area (Å²) in [6, 6.07) is 10.0. The first-order valence-corrected chi connectivity index (χ1v) is 13.2. The van der Waals surface area contributed by atoms with Crippen LogP contribution in [0.4, 0.5) is 14.9 Å². The number of nitrogens with two attached hydrogens (primary N) is 1. The number of hydrazine groups is 1. The summed E-state index contributed by atoms with van der Waals surface area (Å²) in [5.74, 6) is 5.84. The average molecular weight is 487 g/mol. The van der Waals surface area contributed by atoms with Crippen LogP contribution in [-0.2, 0) is 22.8 Å². The lowest BCUT2D eigenvalue weighted by Crippen LogP contribution is -2.49. The van der Waals surface area contributed by atoms with Gasteiger partial charge in [0.15, 0.2) is 9.84 Å². The summed E-state index contributed by atoms with van der Waals surface area (Å²) >= 11 is 0. The number of ether oxygens (including phenoxy) is 1. The van der Waals surface area contributed by atoms with E-state index in [2.05, 4.69) is 5.43 Å². The minimum absolute atomic E-state index is 0.00972. The smallest absolute Gasteiger partial charge is 0.324 e. The fraction of sp³-hybridized carbons (Fsp3) is 0.375. The van der Waals surface area contributed by atoms with Crippen LogP contribution in [0.25, 0.3) is 5.70 Å². The lowest BCUT2D eigenvalue weighted by molar-refractivity contribution is 0.208. The van der Waals surface area contributed by atoms with Gasteiger partial charge in [0.05, 0.1) is 30.4 Å². The Bertz CT molecular complexity index is 1260. The number of carbonyl (C=O) groups excluding carboxylic acids is 1. The number of sulfone groups is 1. The molecule has 5 rings (SSSR count). The number of amides is 2. The first-order valence-electron chi connectivity index (χ1n) is 11.3. The normalized spacial score (nSPS) is 18.2. The van der Waals surface area contributed by atoms with Crippen molar-refractivity contribution in [2.24, 2.45) is 5.84 Å². The highest BCUT2D eigenvalue weighted by molar-refractivity contribution is 7.91. The van der Waals surface area contributed by atoms with Gasteiger partial charge in [-0.3, -0.25) is 10.7 Å². The summed E-state index contributed by atoms with van der Waals surface area (Å²) in [6.45, 7) is 0.827. The zero-order chi connectivity index (χ0) is 23.9. The van der Waals surface area contributed by atoms with Crippen molar-refractivity contribution in [2.75, 3.05) is 36.1 Å². The zero-order valence-electron chi connectivity index (χ0n) is 18.7. The molecule has 0 spiro atoms. The fourth-order valence-electron chi connectivity index (χ4n) is 4.39. The molecule has 8 nitrogen and oxygen atoms in total. The second kappa shape index (κ2) is 8.92. The van der Waals surface area contributed by atoms with Crippen molar-refractivity contribution in [3.05, 3.63) is 64.5 Å². The van der Waals surface area contributed by atoms with Gasteiger partial charge in [-0.05, 0) is 48.2 Å².